The molecule has 2 rings (SSSR count). The van der Waals surface area contributed by atoms with E-state index in [0.717, 1.165) is 32.4 Å². The minimum atomic E-state index is 0.425. The average molecular weight is 223 g/mol. The molecule has 82 valence electrons. The van der Waals surface area contributed by atoms with Gasteiger partial charge in [-0.1, -0.05) is 0 Å². The summed E-state index contributed by atoms with van der Waals surface area (Å²) in [5.41, 5.74) is 1.42. The largest absolute Gasteiger partial charge is 0.300 e. The van der Waals surface area contributed by atoms with Crippen molar-refractivity contribution in [2.24, 2.45) is 0 Å². The van der Waals surface area contributed by atoms with E-state index in [4.69, 9.17) is 0 Å². The molecule has 2 nitrogen and oxygen atoms in total. The van der Waals surface area contributed by atoms with Crippen molar-refractivity contribution < 1.29 is 4.79 Å². The molecule has 0 N–H and O–H groups in total. The van der Waals surface area contributed by atoms with Gasteiger partial charge in [-0.3, -0.25) is 9.69 Å². The predicted octanol–water partition coefficient (Wildman–Crippen LogP) is 2.34. The molecular weight excluding hydrogens is 206 g/mol. The first-order chi connectivity index (χ1) is 7.25. The number of thiophene rings is 1. The Hall–Kier alpha value is -0.670. The lowest BCUT2D eigenvalue weighted by atomic mass is 10.0. The maximum Gasteiger partial charge on any atom is 0.135 e. The maximum atomic E-state index is 11.1. The first-order valence-electron chi connectivity index (χ1n) is 5.52. The van der Waals surface area contributed by atoms with Gasteiger partial charge in [0.1, 0.15) is 5.78 Å². The Kier molecular flexibility index (Phi) is 3.54. The number of carbonyl (C=O) groups is 1. The van der Waals surface area contributed by atoms with Crippen LogP contribution < -0.4 is 0 Å². The van der Waals surface area contributed by atoms with E-state index in [1.54, 1.807) is 11.3 Å². The molecule has 0 bridgehead atoms. The fraction of sp³-hybridized carbons (Fsp3) is 0.583. The number of likely N-dealkylation sites (tertiary alicyclic amines) is 1. The van der Waals surface area contributed by atoms with E-state index < -0.39 is 0 Å². The average Bonchev–Trinajstić information content (AvgIpc) is 2.71. The van der Waals surface area contributed by atoms with Gasteiger partial charge in [0.25, 0.3) is 0 Å². The van der Waals surface area contributed by atoms with E-state index in [-0.39, 0.29) is 0 Å². The number of rotatable bonds is 3. The van der Waals surface area contributed by atoms with Crippen molar-refractivity contribution in [3.8, 4) is 0 Å². The minimum Gasteiger partial charge on any atom is -0.300 e. The number of piperidine rings is 1. The molecule has 1 atom stereocenters. The van der Waals surface area contributed by atoms with Gasteiger partial charge in [0, 0.05) is 32.0 Å². The van der Waals surface area contributed by atoms with E-state index in [1.807, 2.05) is 0 Å². The van der Waals surface area contributed by atoms with Gasteiger partial charge in [-0.2, -0.15) is 11.3 Å². The van der Waals surface area contributed by atoms with Crippen LogP contribution in [0.25, 0.3) is 0 Å². The lowest BCUT2D eigenvalue weighted by molar-refractivity contribution is -0.121. The second-order valence-electron chi connectivity index (χ2n) is 4.26. The number of carbonyl (C=O) groups excluding carboxylic acids is 1. The van der Waals surface area contributed by atoms with Crippen molar-refractivity contribution in [1.82, 2.24) is 4.90 Å². The summed E-state index contributed by atoms with van der Waals surface area (Å²) < 4.78 is 0. The van der Waals surface area contributed by atoms with Gasteiger partial charge >= 0.3 is 0 Å². The summed E-state index contributed by atoms with van der Waals surface area (Å²) in [7, 11) is 0. The molecule has 1 fully saturated rings. The molecule has 1 saturated heterocycles. The quantitative estimate of drug-likeness (QED) is 0.784. The Morgan fingerprint density at radius 3 is 2.80 bits per heavy atom. The van der Waals surface area contributed by atoms with Crippen molar-refractivity contribution in [2.45, 2.75) is 32.2 Å². The standard InChI is InChI=1S/C12H17NOS/c1-10(8-11-4-7-15-9-11)13-5-2-12(14)3-6-13/h4,7,9-10H,2-3,5-6,8H2,1H3. The number of nitrogens with zero attached hydrogens (tertiary/aromatic N) is 1. The van der Waals surface area contributed by atoms with Crippen molar-refractivity contribution in [1.29, 1.82) is 0 Å². The molecule has 0 spiro atoms. The second kappa shape index (κ2) is 4.90. The van der Waals surface area contributed by atoms with E-state index in [2.05, 4.69) is 28.7 Å². The monoisotopic (exact) mass is 223 g/mol. The summed E-state index contributed by atoms with van der Waals surface area (Å²) in [5, 5.41) is 4.34. The molecule has 3 heteroatoms. The molecule has 15 heavy (non-hydrogen) atoms. The van der Waals surface area contributed by atoms with E-state index >= 15 is 0 Å². The maximum absolute atomic E-state index is 11.1. The van der Waals surface area contributed by atoms with Gasteiger partial charge in [0.05, 0.1) is 0 Å². The molecule has 0 saturated carbocycles. The van der Waals surface area contributed by atoms with Gasteiger partial charge in [0.15, 0.2) is 0 Å². The number of hydrogen-bond acceptors (Lipinski definition) is 3. The third-order valence-electron chi connectivity index (χ3n) is 3.09. The van der Waals surface area contributed by atoms with Crippen LogP contribution in [0.2, 0.25) is 0 Å². The van der Waals surface area contributed by atoms with Crippen LogP contribution in [0.1, 0.15) is 25.3 Å². The molecule has 1 aromatic heterocycles. The molecule has 0 aromatic carbocycles. The van der Waals surface area contributed by atoms with Crippen LogP contribution in [-0.2, 0) is 11.2 Å². The number of Topliss-reactive ketones (excluding diaryl/α,β-unsaturated/α-hetero) is 1. The summed E-state index contributed by atoms with van der Waals surface area (Å²) in [4.78, 5) is 13.6. The Bertz CT molecular complexity index is 310. The fourth-order valence-electron chi connectivity index (χ4n) is 2.09. The van der Waals surface area contributed by atoms with E-state index in [0.29, 0.717) is 11.8 Å². The number of hydrogen-bond donors (Lipinski definition) is 0. The summed E-state index contributed by atoms with van der Waals surface area (Å²) in [6.07, 6.45) is 2.60. The van der Waals surface area contributed by atoms with E-state index in [1.165, 1.54) is 5.56 Å². The molecule has 2 heterocycles. The highest BCUT2D eigenvalue weighted by atomic mass is 32.1. The van der Waals surface area contributed by atoms with Crippen LogP contribution in [0.5, 0.6) is 0 Å². The van der Waals surface area contributed by atoms with Crippen LogP contribution in [0.3, 0.4) is 0 Å². The van der Waals surface area contributed by atoms with Crippen LogP contribution in [0.15, 0.2) is 16.8 Å². The van der Waals surface area contributed by atoms with Crippen LogP contribution >= 0.6 is 11.3 Å². The molecule has 0 radical (unpaired) electrons. The van der Waals surface area contributed by atoms with Crippen LogP contribution in [0.4, 0.5) is 0 Å². The number of ketones is 1. The molecular formula is C12H17NOS. The molecule has 0 aliphatic carbocycles. The summed E-state index contributed by atoms with van der Waals surface area (Å²) >= 11 is 1.76. The Labute approximate surface area is 94.9 Å². The van der Waals surface area contributed by atoms with Crippen LogP contribution in [0, 0.1) is 0 Å². The van der Waals surface area contributed by atoms with Gasteiger partial charge in [-0.25, -0.2) is 0 Å². The Morgan fingerprint density at radius 1 is 1.47 bits per heavy atom. The van der Waals surface area contributed by atoms with Crippen molar-refractivity contribution >= 4 is 17.1 Å². The third kappa shape index (κ3) is 2.89. The summed E-state index contributed by atoms with van der Waals surface area (Å²) in [6.45, 7) is 4.15. The van der Waals surface area contributed by atoms with Crippen molar-refractivity contribution in [3.63, 3.8) is 0 Å². The lowest BCUT2D eigenvalue weighted by Gasteiger charge is -2.31. The minimum absolute atomic E-state index is 0.425. The third-order valence-corrected chi connectivity index (χ3v) is 3.82. The highest BCUT2D eigenvalue weighted by Gasteiger charge is 2.20. The van der Waals surface area contributed by atoms with Gasteiger partial charge in [-0.05, 0) is 35.7 Å². The SMILES string of the molecule is CC(Cc1ccsc1)N1CCC(=O)CC1. The highest BCUT2D eigenvalue weighted by Crippen LogP contribution is 2.15. The summed E-state index contributed by atoms with van der Waals surface area (Å²) in [6, 6.07) is 2.75. The normalized spacial score (nSPS) is 20.5. The smallest absolute Gasteiger partial charge is 0.135 e. The first-order valence-corrected chi connectivity index (χ1v) is 6.47. The predicted molar refractivity (Wildman–Crippen MR) is 63.3 cm³/mol. The Balaban J connectivity index is 1.85. The fourth-order valence-corrected chi connectivity index (χ4v) is 2.77. The molecule has 1 aromatic rings. The van der Waals surface area contributed by atoms with Gasteiger partial charge in [0.2, 0.25) is 0 Å². The van der Waals surface area contributed by atoms with Crippen molar-refractivity contribution in [2.75, 3.05) is 13.1 Å². The zero-order valence-corrected chi connectivity index (χ0v) is 9.93. The van der Waals surface area contributed by atoms with Crippen LogP contribution in [-0.4, -0.2) is 29.8 Å². The van der Waals surface area contributed by atoms with Crippen molar-refractivity contribution in [3.05, 3.63) is 22.4 Å². The summed E-state index contributed by atoms with van der Waals surface area (Å²) in [5.74, 6) is 0.425. The zero-order valence-electron chi connectivity index (χ0n) is 9.11. The molecule has 1 aliphatic rings. The molecule has 0 amide bonds. The Morgan fingerprint density at radius 2 is 2.20 bits per heavy atom. The first kappa shape index (κ1) is 10.8. The van der Waals surface area contributed by atoms with Gasteiger partial charge in [-0.15, -0.1) is 0 Å². The molecule has 1 aliphatic heterocycles. The lowest BCUT2D eigenvalue weighted by Crippen LogP contribution is -2.41. The zero-order chi connectivity index (χ0) is 10.7. The second-order valence-corrected chi connectivity index (χ2v) is 5.04. The van der Waals surface area contributed by atoms with E-state index in [9.17, 15) is 4.79 Å². The van der Waals surface area contributed by atoms with Gasteiger partial charge < -0.3 is 0 Å². The highest BCUT2D eigenvalue weighted by molar-refractivity contribution is 7.07. The molecule has 1 unspecified atom stereocenters. The topological polar surface area (TPSA) is 20.3 Å².